The second-order valence-corrected chi connectivity index (χ2v) is 1.83. The SMILES string of the molecule is CN=C/C=C\N=C(C)C. The van der Waals surface area contributed by atoms with E-state index in [1.54, 1.807) is 25.5 Å². The van der Waals surface area contributed by atoms with Crippen LogP contribution in [0.1, 0.15) is 13.8 Å². The molecule has 0 bridgehead atoms. The molecule has 0 saturated carbocycles. The molecule has 0 heterocycles. The largest absolute Gasteiger partial charge is 0.296 e. The van der Waals surface area contributed by atoms with Gasteiger partial charge in [0.25, 0.3) is 0 Å². The Labute approximate surface area is 56.0 Å². The molecule has 2 heteroatoms. The number of rotatable bonds is 2. The third-order valence-corrected chi connectivity index (χ3v) is 0.654. The molecule has 0 aliphatic rings. The van der Waals surface area contributed by atoms with Crippen molar-refractivity contribution in [2.24, 2.45) is 9.98 Å². The molecular weight excluding hydrogens is 112 g/mol. The minimum atomic E-state index is 1.05. The quantitative estimate of drug-likeness (QED) is 0.500. The highest BCUT2D eigenvalue weighted by Gasteiger charge is 1.68. The van der Waals surface area contributed by atoms with E-state index in [0.717, 1.165) is 5.71 Å². The molecule has 0 saturated heterocycles. The summed E-state index contributed by atoms with van der Waals surface area (Å²) < 4.78 is 0. The lowest BCUT2D eigenvalue weighted by Gasteiger charge is -1.79. The zero-order valence-corrected chi connectivity index (χ0v) is 6.13. The molecular formula is C7H12N2. The zero-order valence-electron chi connectivity index (χ0n) is 6.13. The summed E-state index contributed by atoms with van der Waals surface area (Å²) >= 11 is 0. The van der Waals surface area contributed by atoms with Gasteiger partial charge in [-0.05, 0) is 19.9 Å². The second-order valence-electron chi connectivity index (χ2n) is 1.83. The first-order valence-electron chi connectivity index (χ1n) is 2.85. The molecule has 0 unspecified atom stereocenters. The van der Waals surface area contributed by atoms with Crippen molar-refractivity contribution in [1.82, 2.24) is 0 Å². The van der Waals surface area contributed by atoms with Crippen LogP contribution in [-0.2, 0) is 0 Å². The monoisotopic (exact) mass is 124 g/mol. The van der Waals surface area contributed by atoms with Gasteiger partial charge in [-0.25, -0.2) is 0 Å². The van der Waals surface area contributed by atoms with Gasteiger partial charge in [-0.15, -0.1) is 0 Å². The molecule has 50 valence electrons. The molecule has 0 atom stereocenters. The lowest BCUT2D eigenvalue weighted by Crippen LogP contribution is -1.75. The average molecular weight is 124 g/mol. The minimum Gasteiger partial charge on any atom is -0.296 e. The summed E-state index contributed by atoms with van der Waals surface area (Å²) in [6.45, 7) is 3.90. The Balaban J connectivity index is 3.60. The van der Waals surface area contributed by atoms with Crippen LogP contribution in [0.2, 0.25) is 0 Å². The number of aliphatic imine (C=N–C) groups is 2. The Morgan fingerprint density at radius 3 is 2.44 bits per heavy atom. The number of hydrogen-bond acceptors (Lipinski definition) is 2. The fraction of sp³-hybridized carbons (Fsp3) is 0.429. The fourth-order valence-electron chi connectivity index (χ4n) is 0.317. The van der Waals surface area contributed by atoms with Crippen LogP contribution < -0.4 is 0 Å². The summed E-state index contributed by atoms with van der Waals surface area (Å²) in [6.07, 6.45) is 5.22. The average Bonchev–Trinajstić information content (AvgIpc) is 1.80. The normalized spacial score (nSPS) is 11.0. The molecule has 2 nitrogen and oxygen atoms in total. The minimum absolute atomic E-state index is 1.05. The summed E-state index contributed by atoms with van der Waals surface area (Å²) in [7, 11) is 1.73. The van der Waals surface area contributed by atoms with E-state index in [0.29, 0.717) is 0 Å². The van der Waals surface area contributed by atoms with Crippen molar-refractivity contribution in [3.63, 3.8) is 0 Å². The molecule has 0 amide bonds. The van der Waals surface area contributed by atoms with Gasteiger partial charge in [0.1, 0.15) is 0 Å². The number of hydrogen-bond donors (Lipinski definition) is 0. The smallest absolute Gasteiger partial charge is 0.0282 e. The van der Waals surface area contributed by atoms with Gasteiger partial charge in [-0.2, -0.15) is 0 Å². The van der Waals surface area contributed by atoms with E-state index in [1.807, 2.05) is 13.8 Å². The van der Waals surface area contributed by atoms with E-state index in [2.05, 4.69) is 9.98 Å². The van der Waals surface area contributed by atoms with Crippen molar-refractivity contribution in [1.29, 1.82) is 0 Å². The van der Waals surface area contributed by atoms with Crippen LogP contribution >= 0.6 is 0 Å². The molecule has 9 heavy (non-hydrogen) atoms. The van der Waals surface area contributed by atoms with Crippen LogP contribution in [0.4, 0.5) is 0 Å². The van der Waals surface area contributed by atoms with E-state index in [1.165, 1.54) is 0 Å². The van der Waals surface area contributed by atoms with Gasteiger partial charge in [-0.3, -0.25) is 9.98 Å². The van der Waals surface area contributed by atoms with Gasteiger partial charge < -0.3 is 0 Å². The van der Waals surface area contributed by atoms with E-state index in [-0.39, 0.29) is 0 Å². The van der Waals surface area contributed by atoms with Crippen molar-refractivity contribution in [3.8, 4) is 0 Å². The molecule has 0 aromatic rings. The van der Waals surface area contributed by atoms with Crippen LogP contribution in [0, 0.1) is 0 Å². The molecule has 0 spiro atoms. The summed E-state index contributed by atoms with van der Waals surface area (Å²) in [5.74, 6) is 0. The van der Waals surface area contributed by atoms with Gasteiger partial charge in [0.2, 0.25) is 0 Å². The number of nitrogens with zero attached hydrogens (tertiary/aromatic N) is 2. The predicted molar refractivity (Wildman–Crippen MR) is 42.3 cm³/mol. The Morgan fingerprint density at radius 1 is 1.33 bits per heavy atom. The van der Waals surface area contributed by atoms with E-state index < -0.39 is 0 Å². The molecule has 0 aliphatic heterocycles. The highest BCUT2D eigenvalue weighted by molar-refractivity contribution is 5.80. The topological polar surface area (TPSA) is 24.7 Å². The van der Waals surface area contributed by atoms with E-state index >= 15 is 0 Å². The maximum Gasteiger partial charge on any atom is 0.0282 e. The summed E-state index contributed by atoms with van der Waals surface area (Å²) in [6, 6.07) is 0. The maximum atomic E-state index is 4.01. The maximum absolute atomic E-state index is 4.01. The highest BCUT2D eigenvalue weighted by Crippen LogP contribution is 1.76. The molecule has 0 rings (SSSR count). The van der Waals surface area contributed by atoms with Crippen LogP contribution in [0.15, 0.2) is 22.3 Å². The van der Waals surface area contributed by atoms with Crippen molar-refractivity contribution in [2.45, 2.75) is 13.8 Å². The van der Waals surface area contributed by atoms with Gasteiger partial charge in [0.15, 0.2) is 0 Å². The lowest BCUT2D eigenvalue weighted by molar-refractivity contribution is 1.46. The first-order valence-corrected chi connectivity index (χ1v) is 2.85. The first kappa shape index (κ1) is 8.08. The van der Waals surface area contributed by atoms with Crippen LogP contribution in [0.25, 0.3) is 0 Å². The molecule has 0 radical (unpaired) electrons. The van der Waals surface area contributed by atoms with E-state index in [9.17, 15) is 0 Å². The van der Waals surface area contributed by atoms with Crippen molar-refractivity contribution in [3.05, 3.63) is 12.3 Å². The van der Waals surface area contributed by atoms with Crippen molar-refractivity contribution >= 4 is 11.9 Å². The number of allylic oxidation sites excluding steroid dienone is 1. The third-order valence-electron chi connectivity index (χ3n) is 0.654. The van der Waals surface area contributed by atoms with Crippen LogP contribution in [0.3, 0.4) is 0 Å². The first-order chi connectivity index (χ1) is 4.27. The summed E-state index contributed by atoms with van der Waals surface area (Å²) in [4.78, 5) is 7.76. The zero-order chi connectivity index (χ0) is 7.11. The standard InChI is InChI=1S/C7H12N2/c1-7(2)9-6-4-5-8-3/h4-6H,1-3H3/b6-4-,8-5?. The van der Waals surface area contributed by atoms with Crippen molar-refractivity contribution in [2.75, 3.05) is 7.05 Å². The second kappa shape index (κ2) is 5.22. The molecule has 0 aromatic carbocycles. The third kappa shape index (κ3) is 7.08. The Kier molecular flexibility index (Phi) is 4.69. The van der Waals surface area contributed by atoms with Crippen molar-refractivity contribution < 1.29 is 0 Å². The molecule has 0 aliphatic carbocycles. The fourth-order valence-corrected chi connectivity index (χ4v) is 0.317. The Bertz CT molecular complexity index is 139. The molecule has 0 N–H and O–H groups in total. The van der Waals surface area contributed by atoms with E-state index in [4.69, 9.17) is 0 Å². The Morgan fingerprint density at radius 2 is 2.00 bits per heavy atom. The van der Waals surface area contributed by atoms with Crippen LogP contribution in [-0.4, -0.2) is 19.0 Å². The molecule has 0 aromatic heterocycles. The summed E-state index contributed by atoms with van der Waals surface area (Å²) in [5, 5.41) is 0. The predicted octanol–water partition coefficient (Wildman–Crippen LogP) is 1.68. The van der Waals surface area contributed by atoms with Crippen LogP contribution in [0.5, 0.6) is 0 Å². The van der Waals surface area contributed by atoms with Gasteiger partial charge >= 0.3 is 0 Å². The van der Waals surface area contributed by atoms with Gasteiger partial charge in [0.05, 0.1) is 0 Å². The van der Waals surface area contributed by atoms with Gasteiger partial charge in [0, 0.05) is 25.2 Å². The summed E-state index contributed by atoms with van der Waals surface area (Å²) in [5.41, 5.74) is 1.05. The Hall–Kier alpha value is -0.920. The highest BCUT2D eigenvalue weighted by atomic mass is 14.7. The molecule has 0 fully saturated rings. The lowest BCUT2D eigenvalue weighted by atomic mass is 10.5. The van der Waals surface area contributed by atoms with Gasteiger partial charge in [-0.1, -0.05) is 0 Å².